The van der Waals surface area contributed by atoms with Crippen LogP contribution in [0.5, 0.6) is 23.0 Å². The van der Waals surface area contributed by atoms with E-state index in [9.17, 15) is 4.79 Å². The van der Waals surface area contributed by atoms with Gasteiger partial charge in [0.1, 0.15) is 5.75 Å². The van der Waals surface area contributed by atoms with Gasteiger partial charge in [-0.15, -0.1) is 0 Å². The lowest BCUT2D eigenvalue weighted by Gasteiger charge is -2.15. The van der Waals surface area contributed by atoms with Crippen molar-refractivity contribution in [1.82, 2.24) is 0 Å². The molecule has 0 bridgehead atoms. The Morgan fingerprint density at radius 3 is 2.12 bits per heavy atom. The van der Waals surface area contributed by atoms with E-state index in [0.29, 0.717) is 39.8 Å². The zero-order chi connectivity index (χ0) is 19.3. The van der Waals surface area contributed by atoms with Crippen LogP contribution in [0, 0.1) is 0 Å². The lowest BCUT2D eigenvalue weighted by Crippen LogP contribution is -2.06. The van der Waals surface area contributed by atoms with Gasteiger partial charge in [-0.1, -0.05) is 6.07 Å². The molecule has 0 aromatic heterocycles. The maximum atomic E-state index is 12.9. The highest BCUT2D eigenvalue weighted by atomic mass is 16.5. The molecule has 2 aromatic rings. The number of rotatable bonds is 7. The van der Waals surface area contributed by atoms with Gasteiger partial charge in [-0.3, -0.25) is 4.79 Å². The van der Waals surface area contributed by atoms with E-state index in [2.05, 4.69) is 0 Å². The van der Waals surface area contributed by atoms with Gasteiger partial charge in [0.15, 0.2) is 17.3 Å². The maximum absolute atomic E-state index is 12.9. The molecule has 0 aliphatic rings. The Kier molecular flexibility index (Phi) is 6.11. The van der Waals surface area contributed by atoms with E-state index in [1.807, 2.05) is 6.07 Å². The fourth-order valence-corrected chi connectivity index (χ4v) is 2.63. The minimum absolute atomic E-state index is 0.182. The number of ketones is 1. The van der Waals surface area contributed by atoms with Gasteiger partial charge in [0.2, 0.25) is 5.75 Å². The Balaban J connectivity index is 2.45. The molecule has 0 amide bonds. The molecule has 0 saturated carbocycles. The number of Topliss-reactive ketones (excluding diaryl/α,β-unsaturated/α-hetero) is 1. The number of ether oxygens (including phenoxy) is 4. The summed E-state index contributed by atoms with van der Waals surface area (Å²) in [4.78, 5) is 12.9. The molecular formula is C20H23NO5. The normalized spacial score (nSPS) is 11.0. The van der Waals surface area contributed by atoms with Crippen molar-refractivity contribution in [3.05, 3.63) is 47.0 Å². The zero-order valence-electron chi connectivity index (χ0n) is 15.6. The van der Waals surface area contributed by atoms with Gasteiger partial charge in [-0.25, -0.2) is 0 Å². The average Bonchev–Trinajstić information content (AvgIpc) is 2.67. The first-order valence-corrected chi connectivity index (χ1v) is 7.92. The number of carbonyl (C=O) groups is 1. The molecule has 0 atom stereocenters. The van der Waals surface area contributed by atoms with Crippen LogP contribution in [0.25, 0.3) is 6.08 Å². The molecule has 0 saturated heterocycles. The summed E-state index contributed by atoms with van der Waals surface area (Å²) < 4.78 is 21.2. The van der Waals surface area contributed by atoms with Gasteiger partial charge in [0.25, 0.3) is 0 Å². The smallest absolute Gasteiger partial charge is 0.204 e. The van der Waals surface area contributed by atoms with Gasteiger partial charge in [-0.05, 0) is 48.4 Å². The van der Waals surface area contributed by atoms with Crippen molar-refractivity contribution >= 4 is 17.5 Å². The lowest BCUT2D eigenvalue weighted by molar-refractivity contribution is 0.103. The highest BCUT2D eigenvalue weighted by Crippen LogP contribution is 2.40. The van der Waals surface area contributed by atoms with E-state index in [4.69, 9.17) is 24.7 Å². The van der Waals surface area contributed by atoms with Crippen molar-refractivity contribution in [2.45, 2.75) is 6.92 Å². The summed E-state index contributed by atoms with van der Waals surface area (Å²) in [6, 6.07) is 8.66. The number of allylic oxidation sites excluding steroid dienone is 1. The topological polar surface area (TPSA) is 80.0 Å². The second-order valence-corrected chi connectivity index (χ2v) is 5.54. The summed E-state index contributed by atoms with van der Waals surface area (Å²) in [7, 11) is 6.06. The molecule has 6 heteroatoms. The van der Waals surface area contributed by atoms with Crippen molar-refractivity contribution in [1.29, 1.82) is 0 Å². The molecule has 26 heavy (non-hydrogen) atoms. The largest absolute Gasteiger partial charge is 0.495 e. The van der Waals surface area contributed by atoms with E-state index >= 15 is 0 Å². The summed E-state index contributed by atoms with van der Waals surface area (Å²) in [5.74, 6) is 1.58. The van der Waals surface area contributed by atoms with Crippen LogP contribution in [0.15, 0.2) is 35.9 Å². The van der Waals surface area contributed by atoms with Crippen LogP contribution in [0.4, 0.5) is 5.69 Å². The van der Waals surface area contributed by atoms with E-state index in [-0.39, 0.29) is 5.78 Å². The summed E-state index contributed by atoms with van der Waals surface area (Å²) in [5.41, 5.74) is 8.09. The zero-order valence-corrected chi connectivity index (χ0v) is 15.6. The molecule has 0 spiro atoms. The van der Waals surface area contributed by atoms with Crippen LogP contribution in [-0.4, -0.2) is 34.2 Å². The molecule has 0 unspecified atom stereocenters. The second-order valence-electron chi connectivity index (χ2n) is 5.54. The highest BCUT2D eigenvalue weighted by Gasteiger charge is 2.21. The minimum Gasteiger partial charge on any atom is -0.495 e. The third-order valence-electron chi connectivity index (χ3n) is 3.95. The van der Waals surface area contributed by atoms with Crippen LogP contribution in [0.1, 0.15) is 22.8 Å². The number of nitrogens with two attached hydrogens (primary N) is 1. The first kappa shape index (κ1) is 19.2. The van der Waals surface area contributed by atoms with Crippen molar-refractivity contribution in [2.24, 2.45) is 0 Å². The molecule has 2 aromatic carbocycles. The standard InChI is InChI=1S/C20H23NO5/c1-12(10-13-6-8-15(21)17(11-13)24-3)18(22)14-7-9-16(23-2)20(26-5)19(14)25-4/h6-11H,21H2,1-5H3. The molecule has 0 radical (unpaired) electrons. The van der Waals surface area contributed by atoms with E-state index in [0.717, 1.165) is 5.56 Å². The summed E-state index contributed by atoms with van der Waals surface area (Å²) >= 11 is 0. The van der Waals surface area contributed by atoms with Crippen LogP contribution in [-0.2, 0) is 0 Å². The predicted molar refractivity (Wildman–Crippen MR) is 101 cm³/mol. The van der Waals surface area contributed by atoms with Crippen LogP contribution >= 0.6 is 0 Å². The molecule has 0 aliphatic carbocycles. The average molecular weight is 357 g/mol. The van der Waals surface area contributed by atoms with Crippen molar-refractivity contribution in [3.8, 4) is 23.0 Å². The molecule has 6 nitrogen and oxygen atoms in total. The Morgan fingerprint density at radius 2 is 1.54 bits per heavy atom. The highest BCUT2D eigenvalue weighted by molar-refractivity contribution is 6.13. The molecular weight excluding hydrogens is 334 g/mol. The number of benzene rings is 2. The fourth-order valence-electron chi connectivity index (χ4n) is 2.63. The Morgan fingerprint density at radius 1 is 0.885 bits per heavy atom. The van der Waals surface area contributed by atoms with Crippen LogP contribution in [0.3, 0.4) is 0 Å². The quantitative estimate of drug-likeness (QED) is 0.463. The summed E-state index contributed by atoms with van der Waals surface area (Å²) in [6.45, 7) is 1.74. The number of methoxy groups -OCH3 is 4. The van der Waals surface area contributed by atoms with Crippen LogP contribution in [0.2, 0.25) is 0 Å². The predicted octanol–water partition coefficient (Wildman–Crippen LogP) is 3.59. The molecule has 2 N–H and O–H groups in total. The number of carbonyl (C=O) groups excluding carboxylic acids is 1. The fraction of sp³-hybridized carbons (Fsp3) is 0.250. The molecule has 0 heterocycles. The van der Waals surface area contributed by atoms with Crippen molar-refractivity contribution in [2.75, 3.05) is 34.2 Å². The summed E-state index contributed by atoms with van der Waals surface area (Å²) in [5, 5.41) is 0. The number of hydrogen-bond donors (Lipinski definition) is 1. The SMILES string of the molecule is COc1cc(C=C(C)C(=O)c2ccc(OC)c(OC)c2OC)ccc1N. The number of hydrogen-bond acceptors (Lipinski definition) is 6. The molecule has 2 rings (SSSR count). The summed E-state index contributed by atoms with van der Waals surface area (Å²) in [6.07, 6.45) is 1.76. The second kappa shape index (κ2) is 8.29. The van der Waals surface area contributed by atoms with E-state index in [1.54, 1.807) is 44.4 Å². The van der Waals surface area contributed by atoms with Gasteiger partial charge in [-0.2, -0.15) is 0 Å². The third-order valence-corrected chi connectivity index (χ3v) is 3.95. The van der Waals surface area contributed by atoms with Gasteiger partial charge in [0, 0.05) is 0 Å². The number of nitrogen functional groups attached to an aromatic ring is 1. The first-order chi connectivity index (χ1) is 12.5. The monoisotopic (exact) mass is 357 g/mol. The Hall–Kier alpha value is -3.15. The minimum atomic E-state index is -0.182. The van der Waals surface area contributed by atoms with Gasteiger partial charge in [0.05, 0.1) is 39.7 Å². The maximum Gasteiger partial charge on any atom is 0.204 e. The Labute approximate surface area is 153 Å². The van der Waals surface area contributed by atoms with Crippen molar-refractivity contribution in [3.63, 3.8) is 0 Å². The van der Waals surface area contributed by atoms with E-state index in [1.165, 1.54) is 21.3 Å². The van der Waals surface area contributed by atoms with Gasteiger partial charge < -0.3 is 24.7 Å². The molecule has 138 valence electrons. The van der Waals surface area contributed by atoms with Gasteiger partial charge >= 0.3 is 0 Å². The third kappa shape index (κ3) is 3.74. The number of anilines is 1. The first-order valence-electron chi connectivity index (χ1n) is 7.92. The lowest BCUT2D eigenvalue weighted by atomic mass is 10.0. The van der Waals surface area contributed by atoms with Crippen molar-refractivity contribution < 1.29 is 23.7 Å². The molecule has 0 aliphatic heterocycles. The molecule has 0 fully saturated rings. The Bertz CT molecular complexity index is 842. The van der Waals surface area contributed by atoms with Crippen LogP contribution < -0.4 is 24.7 Å². The van der Waals surface area contributed by atoms with E-state index < -0.39 is 0 Å².